The Morgan fingerprint density at radius 1 is 1.36 bits per heavy atom. The molecule has 0 amide bonds. The number of hydrogen-bond acceptors (Lipinski definition) is 2. The Hall–Kier alpha value is -0.291. The Morgan fingerprint density at radius 3 is 2.36 bits per heavy atom. The van der Waals surface area contributed by atoms with Crippen molar-refractivity contribution in [1.82, 2.24) is 0 Å². The van der Waals surface area contributed by atoms with Gasteiger partial charge in [0.05, 0.1) is 0 Å². The second-order valence-corrected chi connectivity index (χ2v) is 19.1. The van der Waals surface area contributed by atoms with E-state index >= 15 is 0 Å². The first-order chi connectivity index (χ1) is 6.32. The van der Waals surface area contributed by atoms with Gasteiger partial charge >= 0.3 is 92.3 Å². The second kappa shape index (κ2) is 4.06. The molecule has 0 spiro atoms. The quantitative estimate of drug-likeness (QED) is 0.478. The zero-order valence-corrected chi connectivity index (χ0v) is 12.0. The van der Waals surface area contributed by atoms with Gasteiger partial charge in [0.15, 0.2) is 0 Å². The van der Waals surface area contributed by atoms with E-state index in [9.17, 15) is 10.1 Å². The molecule has 0 saturated carbocycles. The molecular weight excluding hydrogens is 308 g/mol. The molecule has 1 aromatic carbocycles. The van der Waals surface area contributed by atoms with Crippen LogP contribution >= 0.6 is 11.6 Å². The van der Waals surface area contributed by atoms with Gasteiger partial charge in [-0.2, -0.15) is 0 Å². The van der Waals surface area contributed by atoms with E-state index in [0.717, 1.165) is 3.58 Å². The molecule has 0 aliphatic rings. The normalized spacial score (nSPS) is 11.4. The van der Waals surface area contributed by atoms with Crippen LogP contribution in [0.15, 0.2) is 18.2 Å². The van der Waals surface area contributed by atoms with Gasteiger partial charge < -0.3 is 0 Å². The molecule has 76 valence electrons. The molecule has 0 saturated heterocycles. The molecule has 0 heterocycles. The van der Waals surface area contributed by atoms with Gasteiger partial charge in [-0.25, -0.2) is 0 Å². The number of rotatable bonds is 2. The molecular formula is C9H12ClNO2Sn. The topological polar surface area (TPSA) is 43.1 Å². The summed E-state index contributed by atoms with van der Waals surface area (Å²) in [6, 6.07) is 5.15. The van der Waals surface area contributed by atoms with E-state index in [-0.39, 0.29) is 10.7 Å². The molecule has 0 aliphatic carbocycles. The summed E-state index contributed by atoms with van der Waals surface area (Å²) in [7, 11) is 0. The molecule has 0 fully saturated rings. The van der Waals surface area contributed by atoms with Crippen molar-refractivity contribution in [2.45, 2.75) is 14.8 Å². The van der Waals surface area contributed by atoms with Crippen molar-refractivity contribution in [3.05, 3.63) is 33.3 Å². The number of halogens is 1. The van der Waals surface area contributed by atoms with E-state index in [0.29, 0.717) is 0 Å². The molecule has 0 unspecified atom stereocenters. The number of nitro groups is 1. The predicted octanol–water partition coefficient (Wildman–Crippen LogP) is 2.79. The van der Waals surface area contributed by atoms with Gasteiger partial charge in [0, 0.05) is 0 Å². The maximum absolute atomic E-state index is 10.6. The summed E-state index contributed by atoms with van der Waals surface area (Å²) in [4.78, 5) is 16.8. The summed E-state index contributed by atoms with van der Waals surface area (Å²) >= 11 is 3.51. The molecule has 1 rings (SSSR count). The first-order valence-electron chi connectivity index (χ1n) is 4.27. The fraction of sp³-hybridized carbons (Fsp3) is 0.333. The minimum atomic E-state index is -2.21. The summed E-state index contributed by atoms with van der Waals surface area (Å²) in [5.74, 6) is 0. The van der Waals surface area contributed by atoms with Crippen LogP contribution in [-0.4, -0.2) is 23.3 Å². The van der Waals surface area contributed by atoms with Crippen molar-refractivity contribution >= 4 is 39.2 Å². The van der Waals surface area contributed by atoms with Crippen molar-refractivity contribution in [3.8, 4) is 0 Å². The zero-order valence-electron chi connectivity index (χ0n) is 8.37. The van der Waals surface area contributed by atoms with Crippen molar-refractivity contribution in [2.75, 3.05) is 0 Å². The number of nitro benzene ring substituents is 1. The molecule has 3 nitrogen and oxygen atoms in total. The van der Waals surface area contributed by atoms with Crippen molar-refractivity contribution in [1.29, 1.82) is 0 Å². The van der Waals surface area contributed by atoms with Gasteiger partial charge in [-0.05, 0) is 0 Å². The van der Waals surface area contributed by atoms with Crippen LogP contribution < -0.4 is 3.58 Å². The van der Waals surface area contributed by atoms with Crippen LogP contribution in [0.4, 0.5) is 5.69 Å². The molecule has 0 aromatic heterocycles. The van der Waals surface area contributed by atoms with Crippen LogP contribution in [0, 0.1) is 10.1 Å². The summed E-state index contributed by atoms with van der Waals surface area (Å²) in [5.41, 5.74) is 0.0239. The van der Waals surface area contributed by atoms with Gasteiger partial charge in [0.25, 0.3) is 0 Å². The summed E-state index contributed by atoms with van der Waals surface area (Å²) in [6.45, 7) is 0. The second-order valence-electron chi connectivity index (χ2n) is 4.17. The first kappa shape index (κ1) is 11.8. The summed E-state index contributed by atoms with van der Waals surface area (Å²) in [5, 5.41) is 10.9. The summed E-state index contributed by atoms with van der Waals surface area (Å²) < 4.78 is 1.12. The molecule has 0 bridgehead atoms. The molecule has 0 aliphatic heterocycles. The van der Waals surface area contributed by atoms with Crippen molar-refractivity contribution in [3.63, 3.8) is 0 Å². The average molecular weight is 320 g/mol. The van der Waals surface area contributed by atoms with Crippen LogP contribution in [0.3, 0.4) is 0 Å². The van der Waals surface area contributed by atoms with E-state index in [1.54, 1.807) is 12.1 Å². The number of hydrogen-bond donors (Lipinski definition) is 0. The third kappa shape index (κ3) is 2.60. The minimum absolute atomic E-state index is 0.0239. The van der Waals surface area contributed by atoms with Crippen LogP contribution in [0.2, 0.25) is 19.8 Å². The van der Waals surface area contributed by atoms with Gasteiger partial charge in [-0.1, -0.05) is 0 Å². The maximum atomic E-state index is 10.6. The predicted molar refractivity (Wildman–Crippen MR) is 61.1 cm³/mol. The van der Waals surface area contributed by atoms with Crippen molar-refractivity contribution < 1.29 is 4.92 Å². The molecule has 5 heteroatoms. The Balaban J connectivity index is 3.27. The van der Waals surface area contributed by atoms with Crippen LogP contribution in [-0.2, 0) is 0 Å². The Labute approximate surface area is 92.1 Å². The van der Waals surface area contributed by atoms with E-state index in [1.807, 2.05) is 6.07 Å². The Morgan fingerprint density at radius 2 is 1.93 bits per heavy atom. The van der Waals surface area contributed by atoms with Crippen LogP contribution in [0.5, 0.6) is 0 Å². The van der Waals surface area contributed by atoms with Gasteiger partial charge in [0.2, 0.25) is 0 Å². The van der Waals surface area contributed by atoms with Crippen molar-refractivity contribution in [2.24, 2.45) is 0 Å². The van der Waals surface area contributed by atoms with E-state index in [2.05, 4.69) is 14.8 Å². The van der Waals surface area contributed by atoms with Gasteiger partial charge in [0.1, 0.15) is 0 Å². The summed E-state index contributed by atoms with van der Waals surface area (Å²) in [6.07, 6.45) is 0. The van der Waals surface area contributed by atoms with Gasteiger partial charge in [-0.15, -0.1) is 0 Å². The third-order valence-corrected chi connectivity index (χ3v) is 8.16. The van der Waals surface area contributed by atoms with E-state index in [1.165, 1.54) is 0 Å². The Kier molecular flexibility index (Phi) is 3.42. The molecule has 14 heavy (non-hydrogen) atoms. The van der Waals surface area contributed by atoms with Crippen LogP contribution in [0.25, 0.3) is 0 Å². The Bertz CT molecular complexity index is 374. The number of benzene rings is 1. The fourth-order valence-electron chi connectivity index (χ4n) is 1.12. The standard InChI is InChI=1S/C6H3ClNO2.3CH3.Sn/c7-5-3-1-2-4-6(5)8(9)10;;;;/h1,3-4H;3*1H3;. The SMILES string of the molecule is [CH3][Sn]([CH3])([CH3])[c]1ccc(Cl)c([N+](=O)[O-])c1. The zero-order chi connectivity index (χ0) is 10.9. The molecule has 0 radical (unpaired) electrons. The van der Waals surface area contributed by atoms with E-state index in [4.69, 9.17) is 11.6 Å². The fourth-order valence-corrected chi connectivity index (χ4v) is 4.60. The molecule has 1 aromatic rings. The average Bonchev–Trinajstić information content (AvgIpc) is 2.02. The third-order valence-electron chi connectivity index (χ3n) is 2.01. The molecule has 0 atom stereocenters. The van der Waals surface area contributed by atoms with Gasteiger partial charge in [-0.3, -0.25) is 0 Å². The van der Waals surface area contributed by atoms with Crippen LogP contribution in [0.1, 0.15) is 0 Å². The van der Waals surface area contributed by atoms with E-state index < -0.39 is 23.3 Å². The molecule has 0 N–H and O–H groups in total. The number of nitrogens with zero attached hydrogens (tertiary/aromatic N) is 1. The first-order valence-corrected chi connectivity index (χ1v) is 14.6. The monoisotopic (exact) mass is 321 g/mol.